The molecule has 2 heterocycles. The van der Waals surface area contributed by atoms with E-state index in [0.717, 1.165) is 10.2 Å². The van der Waals surface area contributed by atoms with Gasteiger partial charge >= 0.3 is 0 Å². The van der Waals surface area contributed by atoms with E-state index in [1.54, 1.807) is 23.1 Å². The quantitative estimate of drug-likeness (QED) is 0.684. The van der Waals surface area contributed by atoms with E-state index in [2.05, 4.69) is 5.10 Å². The molecule has 0 bridgehead atoms. The molecule has 1 aliphatic rings. The highest BCUT2D eigenvalue weighted by atomic mass is 19.1. The van der Waals surface area contributed by atoms with Crippen LogP contribution in [-0.4, -0.2) is 40.3 Å². The molecular formula is C22H20FN3O3. The van der Waals surface area contributed by atoms with Crippen LogP contribution in [0.1, 0.15) is 11.7 Å². The first-order valence-electron chi connectivity index (χ1n) is 9.38. The zero-order chi connectivity index (χ0) is 20.2. The molecule has 0 aliphatic carbocycles. The number of halogens is 1. The zero-order valence-corrected chi connectivity index (χ0v) is 15.7. The summed E-state index contributed by atoms with van der Waals surface area (Å²) in [6.45, 7) is 1.17. The Morgan fingerprint density at radius 3 is 2.59 bits per heavy atom. The Hall–Kier alpha value is -3.32. The Morgan fingerprint density at radius 1 is 1.07 bits per heavy atom. The monoisotopic (exact) mass is 393 g/mol. The second kappa shape index (κ2) is 8.36. The number of rotatable bonds is 4. The summed E-state index contributed by atoms with van der Waals surface area (Å²) in [5, 5.41) is 4.29. The summed E-state index contributed by atoms with van der Waals surface area (Å²) in [7, 11) is 0. The summed E-state index contributed by atoms with van der Waals surface area (Å²) in [6.07, 6.45) is -0.191. The van der Waals surface area contributed by atoms with Gasteiger partial charge in [-0.05, 0) is 35.9 Å². The second-order valence-electron chi connectivity index (χ2n) is 6.83. The van der Waals surface area contributed by atoms with Gasteiger partial charge in [0.15, 0.2) is 0 Å². The fourth-order valence-electron chi connectivity index (χ4n) is 3.31. The van der Waals surface area contributed by atoms with E-state index in [4.69, 9.17) is 4.74 Å². The van der Waals surface area contributed by atoms with Gasteiger partial charge in [0, 0.05) is 18.2 Å². The molecule has 148 valence electrons. The summed E-state index contributed by atoms with van der Waals surface area (Å²) in [5.74, 6) is -0.544. The lowest BCUT2D eigenvalue weighted by atomic mass is 10.1. The van der Waals surface area contributed by atoms with Crippen molar-refractivity contribution in [3.63, 3.8) is 0 Å². The highest BCUT2D eigenvalue weighted by Gasteiger charge is 2.25. The van der Waals surface area contributed by atoms with Gasteiger partial charge in [0.05, 0.1) is 18.8 Å². The van der Waals surface area contributed by atoms with Crippen molar-refractivity contribution in [1.82, 2.24) is 14.7 Å². The molecule has 7 heteroatoms. The van der Waals surface area contributed by atoms with Crippen molar-refractivity contribution in [2.24, 2.45) is 0 Å². The second-order valence-corrected chi connectivity index (χ2v) is 6.83. The number of hydrogen-bond donors (Lipinski definition) is 0. The minimum atomic E-state index is -0.364. The third-order valence-electron chi connectivity index (χ3n) is 4.88. The molecule has 6 nitrogen and oxygen atoms in total. The molecule has 1 aliphatic heterocycles. The topological polar surface area (TPSA) is 64.4 Å². The van der Waals surface area contributed by atoms with E-state index in [1.165, 1.54) is 18.2 Å². The minimum absolute atomic E-state index is 0.157. The van der Waals surface area contributed by atoms with Crippen LogP contribution in [0.4, 0.5) is 4.39 Å². The average molecular weight is 393 g/mol. The predicted octanol–water partition coefficient (Wildman–Crippen LogP) is 2.65. The molecule has 29 heavy (non-hydrogen) atoms. The van der Waals surface area contributed by atoms with Crippen molar-refractivity contribution >= 4 is 5.91 Å². The number of hydrogen-bond acceptors (Lipinski definition) is 4. The Labute approximate surface area is 167 Å². The largest absolute Gasteiger partial charge is 0.370 e. The van der Waals surface area contributed by atoms with Gasteiger partial charge in [-0.1, -0.05) is 30.3 Å². The van der Waals surface area contributed by atoms with Crippen LogP contribution in [0, 0.1) is 5.82 Å². The van der Waals surface area contributed by atoms with Gasteiger partial charge in [0.2, 0.25) is 5.91 Å². The molecule has 4 rings (SSSR count). The van der Waals surface area contributed by atoms with Crippen LogP contribution in [0.3, 0.4) is 0 Å². The number of aromatic nitrogens is 2. The van der Waals surface area contributed by atoms with E-state index in [-0.39, 0.29) is 29.9 Å². The number of amides is 1. The van der Waals surface area contributed by atoms with Gasteiger partial charge in [-0.25, -0.2) is 9.07 Å². The summed E-state index contributed by atoms with van der Waals surface area (Å²) in [5.41, 5.74) is 1.82. The number of carbonyl (C=O) groups excluding carboxylic acids is 1. The van der Waals surface area contributed by atoms with E-state index in [1.807, 2.05) is 30.3 Å². The van der Waals surface area contributed by atoms with Gasteiger partial charge in [-0.3, -0.25) is 9.59 Å². The third-order valence-corrected chi connectivity index (χ3v) is 4.88. The number of nitrogens with zero attached hydrogens (tertiary/aromatic N) is 3. The highest BCUT2D eigenvalue weighted by molar-refractivity contribution is 5.76. The van der Waals surface area contributed by atoms with Gasteiger partial charge in [-0.2, -0.15) is 5.10 Å². The molecule has 1 aromatic heterocycles. The number of carbonyl (C=O) groups is 1. The standard InChI is InChI=1S/C22H20FN3O3/c23-18-8-6-16(7-9-18)19-10-11-21(27)26(24-19)15-22(28)25-12-13-29-20(14-25)17-4-2-1-3-5-17/h1-11,20H,12-15H2. The van der Waals surface area contributed by atoms with Crippen molar-refractivity contribution in [2.75, 3.05) is 19.7 Å². The van der Waals surface area contributed by atoms with Gasteiger partial charge in [-0.15, -0.1) is 0 Å². The molecule has 0 saturated carbocycles. The van der Waals surface area contributed by atoms with Crippen LogP contribution in [0.15, 0.2) is 71.5 Å². The Kier molecular flexibility index (Phi) is 5.48. The summed E-state index contributed by atoms with van der Waals surface area (Å²) >= 11 is 0. The average Bonchev–Trinajstić information content (AvgIpc) is 2.76. The van der Waals surface area contributed by atoms with Crippen LogP contribution in [-0.2, 0) is 16.1 Å². The molecule has 2 aromatic carbocycles. The Morgan fingerprint density at radius 2 is 1.83 bits per heavy atom. The van der Waals surface area contributed by atoms with Crippen LogP contribution < -0.4 is 5.56 Å². The van der Waals surface area contributed by atoms with Gasteiger partial charge in [0.1, 0.15) is 18.5 Å². The van der Waals surface area contributed by atoms with Crippen LogP contribution >= 0.6 is 0 Å². The maximum atomic E-state index is 13.1. The Balaban J connectivity index is 1.50. The smallest absolute Gasteiger partial charge is 0.267 e. The number of benzene rings is 2. The third kappa shape index (κ3) is 4.41. The lowest BCUT2D eigenvalue weighted by Crippen LogP contribution is -2.44. The molecule has 1 amide bonds. The van der Waals surface area contributed by atoms with Crippen LogP contribution in [0.5, 0.6) is 0 Å². The number of ether oxygens (including phenoxy) is 1. The van der Waals surface area contributed by atoms with E-state index >= 15 is 0 Å². The maximum absolute atomic E-state index is 13.1. The summed E-state index contributed by atoms with van der Waals surface area (Å²) in [4.78, 5) is 26.7. The molecule has 1 atom stereocenters. The fraction of sp³-hybridized carbons (Fsp3) is 0.227. The number of morpholine rings is 1. The van der Waals surface area contributed by atoms with Gasteiger partial charge in [0.25, 0.3) is 5.56 Å². The van der Waals surface area contributed by atoms with E-state index < -0.39 is 0 Å². The molecule has 3 aromatic rings. The first kappa shape index (κ1) is 19.0. The van der Waals surface area contributed by atoms with Crippen molar-refractivity contribution in [2.45, 2.75) is 12.6 Å². The molecule has 0 N–H and O–H groups in total. The molecule has 1 unspecified atom stereocenters. The van der Waals surface area contributed by atoms with Crippen molar-refractivity contribution < 1.29 is 13.9 Å². The lowest BCUT2D eigenvalue weighted by Gasteiger charge is -2.33. The first-order chi connectivity index (χ1) is 14.1. The van der Waals surface area contributed by atoms with E-state index in [0.29, 0.717) is 31.0 Å². The molecule has 1 fully saturated rings. The SMILES string of the molecule is O=C(Cn1nc(-c2ccc(F)cc2)ccc1=O)N1CCOC(c2ccccc2)C1. The van der Waals surface area contributed by atoms with Crippen LogP contribution in [0.25, 0.3) is 11.3 Å². The predicted molar refractivity (Wildman–Crippen MR) is 106 cm³/mol. The maximum Gasteiger partial charge on any atom is 0.267 e. The van der Waals surface area contributed by atoms with Gasteiger partial charge < -0.3 is 9.64 Å². The zero-order valence-electron chi connectivity index (χ0n) is 15.7. The fourth-order valence-corrected chi connectivity index (χ4v) is 3.31. The Bertz CT molecular complexity index is 1050. The van der Waals surface area contributed by atoms with Crippen LogP contribution in [0.2, 0.25) is 0 Å². The van der Waals surface area contributed by atoms with E-state index in [9.17, 15) is 14.0 Å². The minimum Gasteiger partial charge on any atom is -0.370 e. The lowest BCUT2D eigenvalue weighted by molar-refractivity contribution is -0.139. The molecule has 1 saturated heterocycles. The molecule has 0 radical (unpaired) electrons. The van der Waals surface area contributed by atoms with Crippen molar-refractivity contribution in [3.8, 4) is 11.3 Å². The normalized spacial score (nSPS) is 16.6. The highest BCUT2D eigenvalue weighted by Crippen LogP contribution is 2.22. The first-order valence-corrected chi connectivity index (χ1v) is 9.38. The molecular weight excluding hydrogens is 373 g/mol. The molecule has 0 spiro atoms. The summed E-state index contributed by atoms with van der Waals surface area (Å²) in [6, 6.07) is 18.5. The van der Waals surface area contributed by atoms with Crippen molar-refractivity contribution in [1.29, 1.82) is 0 Å². The summed E-state index contributed by atoms with van der Waals surface area (Å²) < 4.78 is 20.1. The van der Waals surface area contributed by atoms with Crippen molar-refractivity contribution in [3.05, 3.63) is 88.5 Å².